The van der Waals surface area contributed by atoms with Gasteiger partial charge in [-0.1, -0.05) is 0 Å². The van der Waals surface area contributed by atoms with Crippen molar-refractivity contribution in [1.82, 2.24) is 45.3 Å². The zero-order valence-corrected chi connectivity index (χ0v) is 40.0. The standard InChI is InChI=1S/C51H60F4N12O4/c1-29-41(51(53,54)55)36(19-39(56)58-29)43-42(52)44-37(22-57-43)45(66-25-32-2-3-33(26-66)59-32)62-48(61-44)71-28-50(8-9-50)27-64-12-10-49(11-13-64)20-30(21-49)23-63-14-16-65(17-15-63)34-4-5-35-31(18-34)24-67(47(35)70)38-6-7-40(68)60-46(38)69/h4-5,18-19,22,30,32-33,38,59H,2-3,6-17,20-21,23-28H2,1H3,(H2,56,58)(H,60,68,69)/t32?,33?,38-/m0/s1. The molecule has 5 saturated heterocycles. The number of hydrogen-bond acceptors (Lipinski definition) is 14. The molecule has 2 unspecified atom stereocenters. The molecule has 71 heavy (non-hydrogen) atoms. The molecule has 376 valence electrons. The van der Waals surface area contributed by atoms with E-state index in [1.54, 1.807) is 4.90 Å². The van der Waals surface area contributed by atoms with Crippen LogP contribution in [-0.4, -0.2) is 143 Å². The van der Waals surface area contributed by atoms with Crippen molar-refractivity contribution in [1.29, 1.82) is 0 Å². The number of pyridine rings is 2. The van der Waals surface area contributed by atoms with Crippen molar-refractivity contribution >= 4 is 45.9 Å². The van der Waals surface area contributed by atoms with Crippen LogP contribution in [0.3, 0.4) is 0 Å². The third-order valence-electron chi connectivity index (χ3n) is 17.1. The predicted molar refractivity (Wildman–Crippen MR) is 256 cm³/mol. The number of aromatic nitrogens is 4. The highest BCUT2D eigenvalue weighted by Gasteiger charge is 2.50. The van der Waals surface area contributed by atoms with Crippen molar-refractivity contribution in [2.75, 3.05) is 87.6 Å². The van der Waals surface area contributed by atoms with Gasteiger partial charge in [-0.3, -0.25) is 29.6 Å². The Bertz CT molecular complexity index is 2790. The number of benzene rings is 1. The monoisotopic (exact) mass is 980 g/mol. The Morgan fingerprint density at radius 3 is 2.32 bits per heavy atom. The van der Waals surface area contributed by atoms with Gasteiger partial charge in [0, 0.05) is 106 Å². The van der Waals surface area contributed by atoms with E-state index in [-0.39, 0.29) is 58.8 Å². The maximum Gasteiger partial charge on any atom is 0.418 e. The number of carbonyl (C=O) groups is 3. The summed E-state index contributed by atoms with van der Waals surface area (Å²) < 4.78 is 66.4. The fourth-order valence-corrected chi connectivity index (χ4v) is 13.1. The van der Waals surface area contributed by atoms with Crippen molar-refractivity contribution < 1.29 is 36.7 Å². The topological polar surface area (TPSA) is 178 Å². The highest BCUT2D eigenvalue weighted by molar-refractivity contribution is 6.05. The van der Waals surface area contributed by atoms with E-state index < -0.39 is 40.8 Å². The number of nitrogen functional groups attached to an aromatic ring is 1. The number of nitrogens with zero attached hydrogens (tertiary/aromatic N) is 9. The van der Waals surface area contributed by atoms with Gasteiger partial charge in [-0.25, -0.2) is 9.37 Å². The van der Waals surface area contributed by atoms with Gasteiger partial charge in [0.05, 0.1) is 23.3 Å². The number of nitrogens with two attached hydrogens (primary N) is 1. The van der Waals surface area contributed by atoms with E-state index in [9.17, 15) is 27.6 Å². The molecule has 8 aliphatic rings. The Kier molecular flexibility index (Phi) is 11.4. The first kappa shape index (κ1) is 46.3. The first-order valence-electron chi connectivity index (χ1n) is 25.4. The van der Waals surface area contributed by atoms with E-state index in [0.29, 0.717) is 60.8 Å². The summed E-state index contributed by atoms with van der Waals surface area (Å²) in [5.41, 5.74) is 6.29. The van der Waals surface area contributed by atoms with E-state index >= 15 is 4.39 Å². The van der Waals surface area contributed by atoms with Gasteiger partial charge in [0.2, 0.25) is 11.8 Å². The largest absolute Gasteiger partial charge is 0.463 e. The van der Waals surface area contributed by atoms with Crippen LogP contribution >= 0.6 is 0 Å². The van der Waals surface area contributed by atoms with Gasteiger partial charge in [0.15, 0.2) is 5.82 Å². The molecule has 1 spiro atoms. The Balaban J connectivity index is 0.649. The molecule has 12 rings (SSSR count). The molecular weight excluding hydrogens is 921 g/mol. The van der Waals surface area contributed by atoms with E-state index in [0.717, 1.165) is 95.4 Å². The molecule has 2 aliphatic carbocycles. The number of rotatable bonds is 11. The Labute approximate surface area is 409 Å². The summed E-state index contributed by atoms with van der Waals surface area (Å²) in [6.07, 6.45) is 6.00. The molecule has 3 amide bonds. The number of likely N-dealkylation sites (tertiary alicyclic amines) is 1. The fourth-order valence-electron chi connectivity index (χ4n) is 13.1. The summed E-state index contributed by atoms with van der Waals surface area (Å²) >= 11 is 0. The Morgan fingerprint density at radius 1 is 0.873 bits per heavy atom. The van der Waals surface area contributed by atoms with Gasteiger partial charge in [-0.05, 0) is 119 Å². The number of fused-ring (bicyclic) bond motifs is 4. The number of carbonyl (C=O) groups excluding carboxylic acids is 3. The average Bonchev–Trinajstić information content (AvgIpc) is 3.90. The van der Waals surface area contributed by atoms with Crippen molar-refractivity contribution in [2.45, 2.75) is 102 Å². The summed E-state index contributed by atoms with van der Waals surface area (Å²) in [5, 5.41) is 6.30. The zero-order chi connectivity index (χ0) is 49.0. The van der Waals surface area contributed by atoms with Crippen molar-refractivity contribution in [3.63, 3.8) is 0 Å². The maximum absolute atomic E-state index is 16.8. The van der Waals surface area contributed by atoms with Crippen LogP contribution in [0.25, 0.3) is 22.2 Å². The molecule has 2 bridgehead atoms. The second kappa shape index (κ2) is 17.5. The second-order valence-electron chi connectivity index (χ2n) is 22.0. The molecule has 1 aromatic carbocycles. The lowest BCUT2D eigenvalue weighted by Gasteiger charge is -2.54. The minimum atomic E-state index is -4.83. The number of hydrogen-bond donors (Lipinski definition) is 3. The number of aryl methyl sites for hydroxylation is 1. The first-order chi connectivity index (χ1) is 34.1. The van der Waals surface area contributed by atoms with Crippen LogP contribution in [0.2, 0.25) is 0 Å². The van der Waals surface area contributed by atoms with Gasteiger partial charge in [-0.2, -0.15) is 23.1 Å². The highest BCUT2D eigenvalue weighted by Crippen LogP contribution is 2.54. The number of nitrogens with one attached hydrogen (secondary N) is 2. The first-order valence-corrected chi connectivity index (χ1v) is 25.4. The summed E-state index contributed by atoms with van der Waals surface area (Å²) in [6, 6.07) is 6.89. The van der Waals surface area contributed by atoms with E-state index in [1.807, 2.05) is 12.1 Å². The minimum absolute atomic E-state index is 0.00250. The number of halogens is 4. The molecule has 2 saturated carbocycles. The molecule has 6 aliphatic heterocycles. The van der Waals surface area contributed by atoms with E-state index in [4.69, 9.17) is 15.5 Å². The van der Waals surface area contributed by atoms with Gasteiger partial charge in [-0.15, -0.1) is 0 Å². The Hall–Kier alpha value is -5.73. The van der Waals surface area contributed by atoms with Crippen LogP contribution in [-0.2, 0) is 22.3 Å². The van der Waals surface area contributed by atoms with Gasteiger partial charge in [0.25, 0.3) is 5.91 Å². The lowest BCUT2D eigenvalue weighted by atomic mass is 9.57. The second-order valence-corrected chi connectivity index (χ2v) is 22.0. The van der Waals surface area contributed by atoms with Crippen LogP contribution in [0.15, 0.2) is 30.5 Å². The van der Waals surface area contributed by atoms with Crippen molar-refractivity contribution in [2.24, 2.45) is 16.7 Å². The fraction of sp³-hybridized carbons (Fsp3) is 0.588. The number of alkyl halides is 3. The smallest absolute Gasteiger partial charge is 0.418 e. The number of piperazine rings is 2. The maximum atomic E-state index is 16.8. The molecule has 9 heterocycles. The molecule has 16 nitrogen and oxygen atoms in total. The normalized spacial score (nSPS) is 25.5. The molecule has 20 heteroatoms. The quantitative estimate of drug-likeness (QED) is 0.130. The molecule has 0 radical (unpaired) electrons. The summed E-state index contributed by atoms with van der Waals surface area (Å²) in [6.45, 7) is 11.1. The van der Waals surface area contributed by atoms with E-state index in [2.05, 4.69) is 51.3 Å². The van der Waals surface area contributed by atoms with E-state index in [1.165, 1.54) is 38.8 Å². The molecule has 3 atom stereocenters. The minimum Gasteiger partial charge on any atom is -0.463 e. The highest BCUT2D eigenvalue weighted by atomic mass is 19.4. The van der Waals surface area contributed by atoms with Crippen LogP contribution in [0.1, 0.15) is 91.4 Å². The van der Waals surface area contributed by atoms with Crippen molar-refractivity contribution in [3.8, 4) is 17.3 Å². The Morgan fingerprint density at radius 2 is 1.62 bits per heavy atom. The third-order valence-corrected chi connectivity index (χ3v) is 17.1. The molecular formula is C51H60F4N12O4. The number of piperidine rings is 2. The van der Waals surface area contributed by atoms with Crippen LogP contribution in [0.5, 0.6) is 6.01 Å². The summed E-state index contributed by atoms with van der Waals surface area (Å²) in [4.78, 5) is 66.2. The van der Waals surface area contributed by atoms with Crippen LogP contribution in [0, 0.1) is 29.5 Å². The lowest BCUT2D eigenvalue weighted by Crippen LogP contribution is -2.53. The van der Waals surface area contributed by atoms with Crippen molar-refractivity contribution in [3.05, 3.63) is 58.7 Å². The number of amides is 3. The number of ether oxygens (including phenoxy) is 1. The molecule has 4 aromatic rings. The van der Waals surface area contributed by atoms with Crippen LogP contribution < -0.4 is 30.9 Å². The SMILES string of the molecule is Cc1nc(N)cc(-c2ncc3c(N4CC5CCC(C4)N5)nc(OCC4(CN5CCC6(CC5)CC(CN5CCN(c7ccc8c(c7)CN([C@H]7CCC(=O)NC7=O)C8=O)CC5)C6)CC4)nc3c2F)c1C(F)(F)F. The van der Waals surface area contributed by atoms with Gasteiger partial charge in [0.1, 0.15) is 28.9 Å². The summed E-state index contributed by atoms with van der Waals surface area (Å²) in [5.74, 6) is -0.842. The lowest BCUT2D eigenvalue weighted by molar-refractivity contribution is -0.138. The zero-order valence-electron chi connectivity index (χ0n) is 40.0. The molecule has 7 fully saturated rings. The third kappa shape index (κ3) is 8.80. The number of imide groups is 1. The molecule has 4 N–H and O–H groups in total. The van der Waals surface area contributed by atoms with Gasteiger partial charge < -0.3 is 35.4 Å². The number of anilines is 3. The average molecular weight is 981 g/mol. The van der Waals surface area contributed by atoms with Gasteiger partial charge >= 0.3 is 12.2 Å². The summed E-state index contributed by atoms with van der Waals surface area (Å²) in [7, 11) is 0. The molecule has 3 aromatic heterocycles. The van der Waals surface area contributed by atoms with Crippen LogP contribution in [0.4, 0.5) is 34.9 Å². The predicted octanol–water partition coefficient (Wildman–Crippen LogP) is 5.31.